The third kappa shape index (κ3) is 2.48. The van der Waals surface area contributed by atoms with Gasteiger partial charge in [0.05, 0.1) is 0 Å². The van der Waals surface area contributed by atoms with Crippen molar-refractivity contribution < 1.29 is 9.18 Å². The Kier molecular flexibility index (Phi) is 3.56. The SMILES string of the molecule is CCc1ccccc1C(=O)c1cc(C)cc(F)c1. The zero-order valence-corrected chi connectivity index (χ0v) is 10.5. The molecule has 2 rings (SSSR count). The van der Waals surface area contributed by atoms with Crippen molar-refractivity contribution in [3.63, 3.8) is 0 Å². The Morgan fingerprint density at radius 1 is 1.17 bits per heavy atom. The van der Waals surface area contributed by atoms with Crippen molar-refractivity contribution in [3.8, 4) is 0 Å². The van der Waals surface area contributed by atoms with Gasteiger partial charge in [-0.05, 0) is 42.7 Å². The summed E-state index contributed by atoms with van der Waals surface area (Å²) in [6.45, 7) is 3.79. The molecule has 0 fully saturated rings. The van der Waals surface area contributed by atoms with Gasteiger partial charge in [0, 0.05) is 11.1 Å². The molecule has 0 aromatic heterocycles. The first kappa shape index (κ1) is 12.5. The average Bonchev–Trinajstić information content (AvgIpc) is 2.36. The first-order valence-corrected chi connectivity index (χ1v) is 6.01. The molecular formula is C16H15FO. The van der Waals surface area contributed by atoms with Gasteiger partial charge in [0.1, 0.15) is 5.82 Å². The zero-order chi connectivity index (χ0) is 13.1. The fraction of sp³-hybridized carbons (Fsp3) is 0.188. The highest BCUT2D eigenvalue weighted by Crippen LogP contribution is 2.17. The molecule has 1 nitrogen and oxygen atoms in total. The number of halogens is 1. The normalized spacial score (nSPS) is 10.4. The molecule has 0 heterocycles. The molecule has 0 amide bonds. The average molecular weight is 242 g/mol. The Balaban J connectivity index is 2.47. The van der Waals surface area contributed by atoms with Crippen LogP contribution < -0.4 is 0 Å². The summed E-state index contributed by atoms with van der Waals surface area (Å²) in [5.41, 5.74) is 2.81. The third-order valence-corrected chi connectivity index (χ3v) is 2.95. The monoisotopic (exact) mass is 242 g/mol. The number of hydrogen-bond acceptors (Lipinski definition) is 1. The van der Waals surface area contributed by atoms with Gasteiger partial charge >= 0.3 is 0 Å². The molecule has 92 valence electrons. The van der Waals surface area contributed by atoms with Crippen molar-refractivity contribution >= 4 is 5.78 Å². The Hall–Kier alpha value is -1.96. The number of aryl methyl sites for hydroxylation is 2. The molecule has 0 radical (unpaired) electrons. The number of rotatable bonds is 3. The molecular weight excluding hydrogens is 227 g/mol. The molecule has 2 heteroatoms. The number of benzene rings is 2. The van der Waals surface area contributed by atoms with E-state index in [4.69, 9.17) is 0 Å². The molecule has 2 aromatic rings. The van der Waals surface area contributed by atoms with Gasteiger partial charge < -0.3 is 0 Å². The molecule has 0 saturated heterocycles. The lowest BCUT2D eigenvalue weighted by molar-refractivity contribution is 0.103. The molecule has 18 heavy (non-hydrogen) atoms. The van der Waals surface area contributed by atoms with E-state index in [0.29, 0.717) is 11.1 Å². The van der Waals surface area contributed by atoms with Gasteiger partial charge in [-0.3, -0.25) is 4.79 Å². The second kappa shape index (κ2) is 5.13. The van der Waals surface area contributed by atoms with Crippen molar-refractivity contribution in [2.45, 2.75) is 20.3 Å². The Morgan fingerprint density at radius 2 is 1.89 bits per heavy atom. The van der Waals surface area contributed by atoms with Crippen molar-refractivity contribution in [1.82, 2.24) is 0 Å². The van der Waals surface area contributed by atoms with Crippen LogP contribution in [0.25, 0.3) is 0 Å². The molecule has 0 aliphatic carbocycles. The summed E-state index contributed by atoms with van der Waals surface area (Å²) in [7, 11) is 0. The van der Waals surface area contributed by atoms with Crippen molar-refractivity contribution in [2.24, 2.45) is 0 Å². The van der Waals surface area contributed by atoms with Gasteiger partial charge in [-0.2, -0.15) is 0 Å². The van der Waals surface area contributed by atoms with E-state index in [2.05, 4.69) is 0 Å². The van der Waals surface area contributed by atoms with E-state index in [1.54, 1.807) is 19.1 Å². The van der Waals surface area contributed by atoms with Crippen LogP contribution in [0.5, 0.6) is 0 Å². The number of hydrogen-bond donors (Lipinski definition) is 0. The number of carbonyl (C=O) groups is 1. The van der Waals surface area contributed by atoms with Crippen molar-refractivity contribution in [3.05, 3.63) is 70.5 Å². The zero-order valence-electron chi connectivity index (χ0n) is 10.5. The molecule has 0 atom stereocenters. The third-order valence-electron chi connectivity index (χ3n) is 2.95. The molecule has 0 aliphatic rings. The Bertz CT molecular complexity index is 567. The minimum atomic E-state index is -0.368. The minimum absolute atomic E-state index is 0.116. The molecule has 0 N–H and O–H groups in total. The maximum atomic E-state index is 13.3. The topological polar surface area (TPSA) is 17.1 Å². The molecule has 0 aliphatic heterocycles. The van der Waals surface area contributed by atoms with E-state index < -0.39 is 0 Å². The summed E-state index contributed by atoms with van der Waals surface area (Å²) in [4.78, 5) is 12.4. The van der Waals surface area contributed by atoms with Gasteiger partial charge in [-0.1, -0.05) is 31.2 Å². The summed E-state index contributed by atoms with van der Waals surface area (Å²) in [5.74, 6) is -0.484. The van der Waals surface area contributed by atoms with Crippen LogP contribution in [0.4, 0.5) is 4.39 Å². The predicted octanol–water partition coefficient (Wildman–Crippen LogP) is 3.93. The van der Waals surface area contributed by atoms with Gasteiger partial charge in [0.2, 0.25) is 0 Å². The van der Waals surface area contributed by atoms with Crippen LogP contribution in [-0.4, -0.2) is 5.78 Å². The summed E-state index contributed by atoms with van der Waals surface area (Å²) >= 11 is 0. The van der Waals surface area contributed by atoms with Crippen LogP contribution in [0, 0.1) is 12.7 Å². The number of carbonyl (C=O) groups excluding carboxylic acids is 1. The van der Waals surface area contributed by atoms with Crippen molar-refractivity contribution in [2.75, 3.05) is 0 Å². The summed E-state index contributed by atoms with van der Waals surface area (Å²) in [5, 5.41) is 0. The second-order valence-corrected chi connectivity index (χ2v) is 4.36. The quantitative estimate of drug-likeness (QED) is 0.745. The Morgan fingerprint density at radius 3 is 2.56 bits per heavy atom. The highest BCUT2D eigenvalue weighted by atomic mass is 19.1. The summed E-state index contributed by atoms with van der Waals surface area (Å²) in [6, 6.07) is 11.9. The maximum absolute atomic E-state index is 13.3. The summed E-state index contributed by atoms with van der Waals surface area (Å²) < 4.78 is 13.3. The molecule has 0 saturated carbocycles. The van der Waals surface area contributed by atoms with Gasteiger partial charge in [0.15, 0.2) is 5.78 Å². The fourth-order valence-corrected chi connectivity index (χ4v) is 2.07. The lowest BCUT2D eigenvalue weighted by Gasteiger charge is -2.07. The second-order valence-electron chi connectivity index (χ2n) is 4.36. The van der Waals surface area contributed by atoms with E-state index in [1.807, 2.05) is 25.1 Å². The van der Waals surface area contributed by atoms with E-state index in [-0.39, 0.29) is 11.6 Å². The lowest BCUT2D eigenvalue weighted by Crippen LogP contribution is -2.05. The maximum Gasteiger partial charge on any atom is 0.193 e. The van der Waals surface area contributed by atoms with Gasteiger partial charge in [-0.25, -0.2) is 4.39 Å². The van der Waals surface area contributed by atoms with Crippen LogP contribution in [0.15, 0.2) is 42.5 Å². The highest BCUT2D eigenvalue weighted by Gasteiger charge is 2.13. The molecule has 0 unspecified atom stereocenters. The fourth-order valence-electron chi connectivity index (χ4n) is 2.07. The van der Waals surface area contributed by atoms with Gasteiger partial charge in [-0.15, -0.1) is 0 Å². The van der Waals surface area contributed by atoms with Crippen molar-refractivity contribution in [1.29, 1.82) is 0 Å². The van der Waals surface area contributed by atoms with Crippen LogP contribution in [0.1, 0.15) is 34.0 Å². The first-order valence-electron chi connectivity index (χ1n) is 6.01. The minimum Gasteiger partial charge on any atom is -0.289 e. The first-order chi connectivity index (χ1) is 8.61. The van der Waals surface area contributed by atoms with Crippen LogP contribution >= 0.6 is 0 Å². The standard InChI is InChI=1S/C16H15FO/c1-3-12-6-4-5-7-15(12)16(18)13-8-11(2)9-14(17)10-13/h4-10H,3H2,1-2H3. The smallest absolute Gasteiger partial charge is 0.193 e. The Labute approximate surface area is 106 Å². The van der Waals surface area contributed by atoms with E-state index in [9.17, 15) is 9.18 Å². The highest BCUT2D eigenvalue weighted by molar-refractivity contribution is 6.10. The predicted molar refractivity (Wildman–Crippen MR) is 70.4 cm³/mol. The molecule has 2 aromatic carbocycles. The van der Waals surface area contributed by atoms with Gasteiger partial charge in [0.25, 0.3) is 0 Å². The van der Waals surface area contributed by atoms with E-state index in [0.717, 1.165) is 17.5 Å². The number of ketones is 1. The summed E-state index contributed by atoms with van der Waals surface area (Å²) in [6.07, 6.45) is 0.788. The van der Waals surface area contributed by atoms with E-state index in [1.165, 1.54) is 12.1 Å². The molecule has 0 bridgehead atoms. The molecule has 0 spiro atoms. The van der Waals surface area contributed by atoms with Crippen LogP contribution in [0.2, 0.25) is 0 Å². The van der Waals surface area contributed by atoms with E-state index >= 15 is 0 Å². The lowest BCUT2D eigenvalue weighted by atomic mass is 9.96. The van der Waals surface area contributed by atoms with Crippen LogP contribution in [0.3, 0.4) is 0 Å². The largest absolute Gasteiger partial charge is 0.289 e. The van der Waals surface area contributed by atoms with Crippen LogP contribution in [-0.2, 0) is 6.42 Å².